The van der Waals surface area contributed by atoms with Gasteiger partial charge in [-0.2, -0.15) is 0 Å². The second-order valence-corrected chi connectivity index (χ2v) is 10.1. The number of carboxylic acids is 1. The van der Waals surface area contributed by atoms with Gasteiger partial charge in [-0.3, -0.25) is 9.69 Å². The van der Waals surface area contributed by atoms with Crippen LogP contribution in [0.15, 0.2) is 65.5 Å². The van der Waals surface area contributed by atoms with Crippen LogP contribution in [0.5, 0.6) is 0 Å². The lowest BCUT2D eigenvalue weighted by Crippen LogP contribution is -2.26. The zero-order chi connectivity index (χ0) is 27.4. The largest absolute Gasteiger partial charge is 0.477 e. The second-order valence-electron chi connectivity index (χ2n) is 9.71. The summed E-state index contributed by atoms with van der Waals surface area (Å²) in [5.41, 5.74) is 1.34. The average molecular weight is 551 g/mol. The molecule has 1 aliphatic carbocycles. The van der Waals surface area contributed by atoms with Crippen molar-refractivity contribution < 1.29 is 28.2 Å². The van der Waals surface area contributed by atoms with Gasteiger partial charge < -0.3 is 14.4 Å². The smallest absolute Gasteiger partial charge is 0.410 e. The van der Waals surface area contributed by atoms with Crippen LogP contribution in [0.3, 0.4) is 0 Å². The number of aromatic carboxylic acids is 1. The molecule has 1 saturated carbocycles. The summed E-state index contributed by atoms with van der Waals surface area (Å²) < 4.78 is 35.5. The summed E-state index contributed by atoms with van der Waals surface area (Å²) >= 11 is 6.34. The van der Waals surface area contributed by atoms with E-state index < -0.39 is 41.1 Å². The zero-order valence-corrected chi connectivity index (χ0v) is 21.1. The molecule has 10 heteroatoms. The predicted octanol–water partition coefficient (Wildman–Crippen LogP) is 6.09. The average Bonchev–Trinajstić information content (AvgIpc) is 3.47. The lowest BCUT2D eigenvalue weighted by molar-refractivity contribution is 0.0695. The first kappa shape index (κ1) is 25.1. The van der Waals surface area contributed by atoms with Gasteiger partial charge in [0.25, 0.3) is 0 Å². The van der Waals surface area contributed by atoms with Crippen LogP contribution in [-0.4, -0.2) is 32.8 Å². The zero-order valence-electron chi connectivity index (χ0n) is 20.4. The molecule has 0 radical (unpaired) electrons. The van der Waals surface area contributed by atoms with E-state index in [1.54, 1.807) is 18.2 Å². The number of carbonyl (C=O) groups excluding carboxylic acids is 1. The van der Waals surface area contributed by atoms with Gasteiger partial charge in [-0.25, -0.2) is 18.4 Å². The fraction of sp³-hybridized carbons (Fsp3) is 0.207. The summed E-state index contributed by atoms with van der Waals surface area (Å²) in [7, 11) is 0. The molecule has 1 fully saturated rings. The molecule has 1 aromatic heterocycles. The maximum Gasteiger partial charge on any atom is 0.410 e. The van der Waals surface area contributed by atoms with Crippen molar-refractivity contribution in [3.63, 3.8) is 0 Å². The summed E-state index contributed by atoms with van der Waals surface area (Å²) in [6, 6.07) is 15.5. The summed E-state index contributed by atoms with van der Waals surface area (Å²) in [5.74, 6) is -2.32. The van der Waals surface area contributed by atoms with Gasteiger partial charge in [0.2, 0.25) is 5.43 Å². The fourth-order valence-corrected chi connectivity index (χ4v) is 5.47. The van der Waals surface area contributed by atoms with Gasteiger partial charge >= 0.3 is 12.1 Å². The molecule has 2 aliphatic rings. The van der Waals surface area contributed by atoms with Crippen molar-refractivity contribution in [3.8, 4) is 11.3 Å². The van der Waals surface area contributed by atoms with Gasteiger partial charge in [0, 0.05) is 19.5 Å². The van der Waals surface area contributed by atoms with Crippen LogP contribution in [0.4, 0.5) is 13.6 Å². The van der Waals surface area contributed by atoms with Gasteiger partial charge in [-0.05, 0) is 40.5 Å². The van der Waals surface area contributed by atoms with Crippen LogP contribution in [-0.2, 0) is 24.4 Å². The minimum atomic E-state index is -1.52. The minimum absolute atomic E-state index is 0.00781. The van der Waals surface area contributed by atoms with Crippen LogP contribution in [0, 0.1) is 5.82 Å². The van der Waals surface area contributed by atoms with Crippen molar-refractivity contribution in [2.75, 3.05) is 0 Å². The molecule has 2 atom stereocenters. The van der Waals surface area contributed by atoms with E-state index in [9.17, 15) is 28.3 Å². The molecular weight excluding hydrogens is 530 g/mol. The van der Waals surface area contributed by atoms with Gasteiger partial charge in [0.05, 0.1) is 27.7 Å². The van der Waals surface area contributed by atoms with Gasteiger partial charge in [0.1, 0.15) is 24.2 Å². The lowest BCUT2D eigenvalue weighted by atomic mass is 9.98. The first-order valence-electron chi connectivity index (χ1n) is 12.3. The Kier molecular flexibility index (Phi) is 6.10. The molecule has 39 heavy (non-hydrogen) atoms. The molecular formula is C29H21ClF2N2O5. The number of pyridine rings is 1. The Bertz CT molecular complexity index is 1720. The van der Waals surface area contributed by atoms with Crippen LogP contribution >= 0.6 is 11.6 Å². The Morgan fingerprint density at radius 3 is 2.46 bits per heavy atom. The molecule has 0 bridgehead atoms. The molecule has 3 aromatic carbocycles. The topological polar surface area (TPSA) is 88.8 Å². The van der Waals surface area contributed by atoms with E-state index in [4.69, 9.17) is 16.3 Å². The monoisotopic (exact) mass is 550 g/mol. The molecule has 2 heterocycles. The third-order valence-electron chi connectivity index (χ3n) is 7.11. The van der Waals surface area contributed by atoms with E-state index in [-0.39, 0.29) is 41.2 Å². The highest BCUT2D eigenvalue weighted by atomic mass is 35.5. The van der Waals surface area contributed by atoms with Crippen molar-refractivity contribution in [1.82, 2.24) is 9.47 Å². The molecule has 0 unspecified atom stereocenters. The normalized spacial score (nSPS) is 17.8. The number of nitrogens with zero attached hydrogens (tertiary/aromatic N) is 2. The first-order valence-corrected chi connectivity index (χ1v) is 12.6. The van der Waals surface area contributed by atoms with Crippen LogP contribution in [0.25, 0.3) is 22.2 Å². The molecule has 1 aliphatic heterocycles. The van der Waals surface area contributed by atoms with Crippen molar-refractivity contribution in [3.05, 3.63) is 104 Å². The second kappa shape index (κ2) is 9.50. The van der Waals surface area contributed by atoms with Crippen molar-refractivity contribution in [1.29, 1.82) is 0 Å². The van der Waals surface area contributed by atoms with Crippen molar-refractivity contribution in [2.45, 2.75) is 38.3 Å². The van der Waals surface area contributed by atoms with Gasteiger partial charge in [0.15, 0.2) is 0 Å². The summed E-state index contributed by atoms with van der Waals surface area (Å²) in [4.78, 5) is 39.9. The third kappa shape index (κ3) is 4.42. The summed E-state index contributed by atoms with van der Waals surface area (Å²) in [6.07, 6.45) is -1.68. The SMILES string of the molecule is O=C(O)c1c(-c2ccc3c(c2)CN(C(=O)OCc2ccccc2)C3)n([C@@H]2C[C@@H]2F)c2c(Cl)cc(F)cc2c1=O. The molecule has 7 nitrogen and oxygen atoms in total. The third-order valence-corrected chi connectivity index (χ3v) is 7.40. The number of hydrogen-bond acceptors (Lipinski definition) is 4. The van der Waals surface area contributed by atoms with Gasteiger partial charge in [-0.1, -0.05) is 54.1 Å². The quantitative estimate of drug-likeness (QED) is 0.325. The number of ether oxygens (including phenoxy) is 1. The van der Waals surface area contributed by atoms with Gasteiger partial charge in [-0.15, -0.1) is 0 Å². The number of halogens is 3. The molecule has 198 valence electrons. The maximum atomic E-state index is 14.5. The predicted molar refractivity (Wildman–Crippen MR) is 140 cm³/mol. The fourth-order valence-electron chi connectivity index (χ4n) is 5.17. The van der Waals surface area contributed by atoms with E-state index >= 15 is 0 Å². The van der Waals surface area contributed by atoms with E-state index in [1.165, 1.54) is 9.47 Å². The highest BCUT2D eigenvalue weighted by Crippen LogP contribution is 2.46. The number of fused-ring (bicyclic) bond motifs is 2. The Labute approximate surface area is 225 Å². The molecule has 4 aromatic rings. The number of carboxylic acid groups (broad SMARTS) is 1. The highest BCUT2D eigenvalue weighted by Gasteiger charge is 2.43. The van der Waals surface area contributed by atoms with Crippen LogP contribution < -0.4 is 5.43 Å². The lowest BCUT2D eigenvalue weighted by Gasteiger charge is -2.20. The van der Waals surface area contributed by atoms with E-state index in [0.717, 1.165) is 28.8 Å². The van der Waals surface area contributed by atoms with Crippen molar-refractivity contribution in [2.24, 2.45) is 0 Å². The number of amides is 1. The minimum Gasteiger partial charge on any atom is -0.477 e. The standard InChI is InChI=1S/C29H21ClF2N2O5/c30-21-10-19(31)9-20-26(21)34(23-11-22(23)32)25(24(27(20)35)28(36)37)16-6-7-17-12-33(13-18(17)8-16)29(38)39-14-15-4-2-1-3-5-15/h1-10,22-23H,11-14H2,(H,36,37)/t22-,23+/m0/s1. The number of hydrogen-bond donors (Lipinski definition) is 1. The summed E-state index contributed by atoms with van der Waals surface area (Å²) in [6.45, 7) is 0.619. The summed E-state index contributed by atoms with van der Waals surface area (Å²) in [5, 5.41) is 9.71. The highest BCUT2D eigenvalue weighted by molar-refractivity contribution is 6.35. The Balaban J connectivity index is 1.41. The molecule has 0 spiro atoms. The van der Waals surface area contributed by atoms with Crippen LogP contribution in [0.1, 0.15) is 39.5 Å². The molecule has 1 amide bonds. The molecule has 0 saturated heterocycles. The van der Waals surface area contributed by atoms with Crippen LogP contribution in [0.2, 0.25) is 5.02 Å². The Morgan fingerprint density at radius 2 is 1.77 bits per heavy atom. The molecule has 1 N–H and O–H groups in total. The first-order chi connectivity index (χ1) is 18.7. The number of benzene rings is 3. The number of carbonyl (C=O) groups is 2. The van der Waals surface area contributed by atoms with E-state index in [2.05, 4.69) is 0 Å². The number of aromatic nitrogens is 1. The van der Waals surface area contributed by atoms with Crippen molar-refractivity contribution >= 4 is 34.6 Å². The van der Waals surface area contributed by atoms with E-state index in [1.807, 2.05) is 30.3 Å². The number of rotatable bonds is 5. The Morgan fingerprint density at radius 1 is 1.05 bits per heavy atom. The molecule has 6 rings (SSSR count). The maximum absolute atomic E-state index is 14.5. The van der Waals surface area contributed by atoms with E-state index in [0.29, 0.717) is 12.1 Å². The number of alkyl halides is 1. The Hall–Kier alpha value is -4.24.